The monoisotopic (exact) mass is 1060 g/mol. The maximum atomic E-state index is 6.75. The first-order valence-corrected chi connectivity index (χ1v) is 27.9. The van der Waals surface area contributed by atoms with Gasteiger partial charge in [-0.25, -0.2) is 4.98 Å². The molecule has 0 fully saturated rings. The average molecular weight is 1060 g/mol. The van der Waals surface area contributed by atoms with Gasteiger partial charge in [0.25, 0.3) is 0 Å². The summed E-state index contributed by atoms with van der Waals surface area (Å²) in [5.41, 5.74) is 18.4. The van der Waals surface area contributed by atoms with Crippen LogP contribution in [0, 0.1) is 0 Å². The Morgan fingerprint density at radius 1 is 0.241 bits per heavy atom. The highest BCUT2D eigenvalue weighted by atomic mass is 16.3. The minimum atomic E-state index is 0.496. The Bertz CT molecular complexity index is 5710. The molecule has 6 aromatic heterocycles. The fourth-order valence-electron chi connectivity index (χ4n) is 13.0. The van der Waals surface area contributed by atoms with E-state index in [9.17, 15) is 0 Å². The van der Waals surface area contributed by atoms with Gasteiger partial charge in [0.05, 0.1) is 22.1 Å². The second-order valence-electron chi connectivity index (χ2n) is 21.4. The summed E-state index contributed by atoms with van der Waals surface area (Å²) in [5.74, 6) is 1.52. The van der Waals surface area contributed by atoms with Crippen LogP contribution in [0.25, 0.3) is 177 Å². The van der Waals surface area contributed by atoms with Crippen molar-refractivity contribution in [3.05, 3.63) is 261 Å². The van der Waals surface area contributed by atoms with E-state index in [2.05, 4.69) is 234 Å². The van der Waals surface area contributed by atoms with Gasteiger partial charge in [-0.1, -0.05) is 158 Å². The number of fused-ring (bicyclic) bond motifs is 15. The van der Waals surface area contributed by atoms with Crippen LogP contribution in [-0.2, 0) is 0 Å². The van der Waals surface area contributed by atoms with Crippen molar-refractivity contribution in [1.29, 1.82) is 0 Å². The van der Waals surface area contributed by atoms with Crippen molar-refractivity contribution in [2.45, 2.75) is 0 Å². The maximum Gasteiger partial charge on any atom is 0.238 e. The number of rotatable bonds is 7. The Morgan fingerprint density at radius 3 is 1.43 bits per heavy atom. The van der Waals surface area contributed by atoms with Crippen LogP contribution in [0.2, 0.25) is 0 Å². The molecule has 83 heavy (non-hydrogen) atoms. The molecule has 0 spiro atoms. The van der Waals surface area contributed by atoms with Crippen molar-refractivity contribution in [1.82, 2.24) is 24.1 Å². The summed E-state index contributed by atoms with van der Waals surface area (Å²) < 4.78 is 24.4. The first-order chi connectivity index (χ1) is 41.1. The minimum Gasteiger partial charge on any atom is -0.456 e. The van der Waals surface area contributed by atoms with Crippen molar-refractivity contribution >= 4 is 109 Å². The first-order valence-electron chi connectivity index (χ1n) is 27.9. The van der Waals surface area contributed by atoms with Gasteiger partial charge in [-0.3, -0.25) is 4.57 Å². The molecular formula is C75H43N5O3. The van der Waals surface area contributed by atoms with E-state index in [1.54, 1.807) is 0 Å². The molecule has 18 aromatic rings. The molecule has 8 heteroatoms. The smallest absolute Gasteiger partial charge is 0.238 e. The van der Waals surface area contributed by atoms with Crippen LogP contribution in [0.4, 0.5) is 0 Å². The van der Waals surface area contributed by atoms with Crippen molar-refractivity contribution in [2.75, 3.05) is 0 Å². The standard InChI is InChI=1S/C75H43N5O3/c1-3-15-44(16-4-1)45-30-36-64-58(39-45)53-20-8-11-25-62(53)80(64)75-77-73(49-29-34-55-54-21-9-12-26-65(54)83-70(55)43-49)76-74(78-75)56-23-14-28-69-72(56)60-42-48(33-38-67(60)82-69)51-22-13-27-68-71(51)59-41-47(32-37-66(59)81-68)46-31-35-63-57(40-46)52-19-7-10-24-61(52)79(63)50-17-5-2-6-18-50/h1-43H. The van der Waals surface area contributed by atoms with Gasteiger partial charge in [0.15, 0.2) is 11.6 Å². The van der Waals surface area contributed by atoms with Gasteiger partial charge in [0.2, 0.25) is 5.95 Å². The summed E-state index contributed by atoms with van der Waals surface area (Å²) in [6.45, 7) is 0. The van der Waals surface area contributed by atoms with Crippen LogP contribution in [0.5, 0.6) is 0 Å². The number of furan rings is 3. The third-order valence-corrected chi connectivity index (χ3v) is 16.8. The highest BCUT2D eigenvalue weighted by Crippen LogP contribution is 2.44. The number of nitrogens with zero attached hydrogens (tertiary/aromatic N) is 5. The second kappa shape index (κ2) is 17.6. The molecule has 0 radical (unpaired) electrons. The van der Waals surface area contributed by atoms with E-state index >= 15 is 0 Å². The molecule has 386 valence electrons. The third kappa shape index (κ3) is 6.96. The van der Waals surface area contributed by atoms with Gasteiger partial charge < -0.3 is 17.8 Å². The van der Waals surface area contributed by atoms with E-state index in [0.29, 0.717) is 17.6 Å². The number of aromatic nitrogens is 5. The zero-order chi connectivity index (χ0) is 54.3. The van der Waals surface area contributed by atoms with Crippen LogP contribution >= 0.6 is 0 Å². The van der Waals surface area contributed by atoms with E-state index < -0.39 is 0 Å². The summed E-state index contributed by atoms with van der Waals surface area (Å²) >= 11 is 0. The van der Waals surface area contributed by atoms with Gasteiger partial charge in [0.1, 0.15) is 33.5 Å². The quantitative estimate of drug-likeness (QED) is 0.158. The van der Waals surface area contributed by atoms with Crippen molar-refractivity contribution in [3.8, 4) is 67.8 Å². The predicted molar refractivity (Wildman–Crippen MR) is 338 cm³/mol. The van der Waals surface area contributed by atoms with E-state index in [1.165, 1.54) is 21.8 Å². The molecule has 0 aliphatic carbocycles. The van der Waals surface area contributed by atoms with E-state index in [0.717, 1.165) is 138 Å². The lowest BCUT2D eigenvalue weighted by atomic mass is 9.95. The normalized spacial score (nSPS) is 12.1. The molecule has 0 saturated heterocycles. The van der Waals surface area contributed by atoms with Crippen LogP contribution in [0.1, 0.15) is 0 Å². The lowest BCUT2D eigenvalue weighted by Crippen LogP contribution is -2.06. The molecule has 6 heterocycles. The van der Waals surface area contributed by atoms with Crippen LogP contribution in [-0.4, -0.2) is 24.1 Å². The summed E-state index contributed by atoms with van der Waals surface area (Å²) in [5, 5.41) is 10.7. The Balaban J connectivity index is 0.810. The Hall–Kier alpha value is -11.4. The molecule has 0 saturated carbocycles. The number of hydrogen-bond donors (Lipinski definition) is 0. The van der Waals surface area contributed by atoms with Gasteiger partial charge in [-0.2, -0.15) is 9.97 Å². The van der Waals surface area contributed by atoms with Gasteiger partial charge in [-0.05, 0) is 137 Å². The molecule has 18 rings (SSSR count). The lowest BCUT2D eigenvalue weighted by molar-refractivity contribution is 0.668. The zero-order valence-corrected chi connectivity index (χ0v) is 44.3. The largest absolute Gasteiger partial charge is 0.456 e. The number of benzene rings is 12. The Kier molecular flexibility index (Phi) is 9.64. The van der Waals surface area contributed by atoms with Gasteiger partial charge in [-0.15, -0.1) is 0 Å². The first kappa shape index (κ1) is 45.5. The topological polar surface area (TPSA) is 88.0 Å². The van der Waals surface area contributed by atoms with Crippen LogP contribution in [0.3, 0.4) is 0 Å². The van der Waals surface area contributed by atoms with Gasteiger partial charge in [0, 0.05) is 70.7 Å². The molecule has 0 aliphatic heterocycles. The Labute approximate surface area is 473 Å². The number of para-hydroxylation sites is 4. The molecule has 12 aromatic carbocycles. The maximum absolute atomic E-state index is 6.75. The molecule has 0 aliphatic rings. The summed E-state index contributed by atoms with van der Waals surface area (Å²) in [6.07, 6.45) is 0. The second-order valence-corrected chi connectivity index (χ2v) is 21.4. The summed E-state index contributed by atoms with van der Waals surface area (Å²) in [7, 11) is 0. The molecule has 0 bridgehead atoms. The fraction of sp³-hybridized carbons (Fsp3) is 0. The molecule has 0 amide bonds. The van der Waals surface area contributed by atoms with Crippen molar-refractivity contribution < 1.29 is 13.3 Å². The molecule has 0 unspecified atom stereocenters. The molecule has 0 atom stereocenters. The van der Waals surface area contributed by atoms with Gasteiger partial charge >= 0.3 is 0 Å². The number of hydrogen-bond acceptors (Lipinski definition) is 6. The average Bonchev–Trinajstić information content (AvgIpc) is 4.47. The lowest BCUT2D eigenvalue weighted by Gasteiger charge is -2.12. The molecule has 8 nitrogen and oxygen atoms in total. The van der Waals surface area contributed by atoms with Crippen LogP contribution < -0.4 is 0 Å². The van der Waals surface area contributed by atoms with Crippen LogP contribution in [0.15, 0.2) is 274 Å². The summed E-state index contributed by atoms with van der Waals surface area (Å²) in [4.78, 5) is 16.2. The Morgan fingerprint density at radius 2 is 0.711 bits per heavy atom. The SMILES string of the molecule is c1ccc(-c2ccc3c(c2)c2ccccc2n3-c2nc(-c3ccc4c(c3)oc3ccccc34)nc(-c3cccc4oc5ccc(-c6cccc7oc8ccc(-c9ccc%10c(c9)c9ccccc9n%10-c9ccccc9)cc8c67)cc5c34)n2)cc1. The van der Waals surface area contributed by atoms with E-state index in [-0.39, 0.29) is 0 Å². The zero-order valence-electron chi connectivity index (χ0n) is 44.3. The predicted octanol–water partition coefficient (Wildman–Crippen LogP) is 20.1. The highest BCUT2D eigenvalue weighted by molar-refractivity contribution is 6.18. The summed E-state index contributed by atoms with van der Waals surface area (Å²) in [6, 6.07) is 91.6. The highest BCUT2D eigenvalue weighted by Gasteiger charge is 2.23. The third-order valence-electron chi connectivity index (χ3n) is 16.8. The molecular weight excluding hydrogens is 1020 g/mol. The van der Waals surface area contributed by atoms with E-state index in [1.807, 2.05) is 36.4 Å². The molecule has 0 N–H and O–H groups in total. The fourth-order valence-corrected chi connectivity index (χ4v) is 13.0. The van der Waals surface area contributed by atoms with E-state index in [4.69, 9.17) is 28.2 Å². The van der Waals surface area contributed by atoms with Crippen molar-refractivity contribution in [2.24, 2.45) is 0 Å². The van der Waals surface area contributed by atoms with Crippen molar-refractivity contribution in [3.63, 3.8) is 0 Å². The minimum absolute atomic E-state index is 0.496.